The Morgan fingerprint density at radius 3 is 2.88 bits per heavy atom. The predicted octanol–water partition coefficient (Wildman–Crippen LogP) is 3.53. The van der Waals surface area contributed by atoms with Crippen molar-refractivity contribution >= 4 is 34.2 Å². The van der Waals surface area contributed by atoms with Gasteiger partial charge in [0.2, 0.25) is 5.91 Å². The number of hydrogen-bond acceptors (Lipinski definition) is 4. The lowest BCUT2D eigenvalue weighted by molar-refractivity contribution is -0.111. The van der Waals surface area contributed by atoms with Gasteiger partial charge in [-0.2, -0.15) is 0 Å². The lowest BCUT2D eigenvalue weighted by Crippen LogP contribution is -2.18. The Kier molecular flexibility index (Phi) is 4.57. The number of aryl methyl sites for hydroxylation is 1. The van der Waals surface area contributed by atoms with Crippen molar-refractivity contribution in [2.24, 2.45) is 11.7 Å². The highest BCUT2D eigenvalue weighted by Crippen LogP contribution is 2.39. The monoisotopic (exact) mass is 344 g/mol. The van der Waals surface area contributed by atoms with E-state index in [1.165, 1.54) is 17.4 Å². The van der Waals surface area contributed by atoms with Gasteiger partial charge in [-0.3, -0.25) is 9.59 Å². The van der Waals surface area contributed by atoms with Gasteiger partial charge in [-0.15, -0.1) is 11.3 Å². The third-order valence-corrected chi connectivity index (χ3v) is 5.32. The first-order valence-corrected chi connectivity index (χ1v) is 8.75. The summed E-state index contributed by atoms with van der Waals surface area (Å²) in [5.74, 6) is 1.19. The number of carbonyl (C=O) groups is 2. The van der Waals surface area contributed by atoms with E-state index < -0.39 is 5.91 Å². The van der Waals surface area contributed by atoms with E-state index in [9.17, 15) is 9.59 Å². The molecule has 0 saturated heterocycles. The first-order valence-electron chi connectivity index (χ1n) is 7.94. The molecule has 126 valence electrons. The molecule has 6 heteroatoms. The van der Waals surface area contributed by atoms with E-state index in [0.717, 1.165) is 35.5 Å². The second kappa shape index (κ2) is 6.65. The smallest absolute Gasteiger partial charge is 0.251 e. The molecule has 0 aliphatic heterocycles. The van der Waals surface area contributed by atoms with Crippen LogP contribution >= 0.6 is 11.3 Å². The zero-order valence-electron chi connectivity index (χ0n) is 13.7. The highest BCUT2D eigenvalue weighted by Gasteiger charge is 2.26. The van der Waals surface area contributed by atoms with Crippen LogP contribution in [0.25, 0.3) is 6.08 Å². The molecule has 1 unspecified atom stereocenters. The van der Waals surface area contributed by atoms with Gasteiger partial charge in [0.05, 0.1) is 5.56 Å². The van der Waals surface area contributed by atoms with Crippen molar-refractivity contribution in [2.45, 2.75) is 33.1 Å². The summed E-state index contributed by atoms with van der Waals surface area (Å²) in [6.07, 6.45) is 5.79. The highest BCUT2D eigenvalue weighted by atomic mass is 32.1. The van der Waals surface area contributed by atoms with Crippen LogP contribution < -0.4 is 11.1 Å². The minimum atomic E-state index is -0.483. The number of rotatable bonds is 4. The molecule has 2 aromatic rings. The lowest BCUT2D eigenvalue weighted by atomic mass is 9.88. The number of nitrogens with two attached hydrogens (primary N) is 1. The second-order valence-electron chi connectivity index (χ2n) is 6.19. The van der Waals surface area contributed by atoms with Crippen LogP contribution in [0.15, 0.2) is 22.6 Å². The molecule has 5 nitrogen and oxygen atoms in total. The van der Waals surface area contributed by atoms with Crippen molar-refractivity contribution in [3.8, 4) is 0 Å². The van der Waals surface area contributed by atoms with Gasteiger partial charge in [0.25, 0.3) is 5.91 Å². The molecule has 2 aromatic heterocycles. The second-order valence-corrected chi connectivity index (χ2v) is 7.30. The van der Waals surface area contributed by atoms with Crippen LogP contribution in [0, 0.1) is 12.8 Å². The number of thiophene rings is 1. The van der Waals surface area contributed by atoms with E-state index >= 15 is 0 Å². The van der Waals surface area contributed by atoms with Gasteiger partial charge in [0.1, 0.15) is 16.5 Å². The zero-order chi connectivity index (χ0) is 17.3. The number of nitrogens with one attached hydrogen (secondary N) is 1. The highest BCUT2D eigenvalue weighted by molar-refractivity contribution is 7.17. The first-order chi connectivity index (χ1) is 11.4. The van der Waals surface area contributed by atoms with E-state index in [2.05, 4.69) is 12.2 Å². The number of anilines is 1. The SMILES string of the molecule is Cc1ccc(/C=C/C(=O)Nc2sc3c(c2C(N)=O)CCC(C)C3)o1. The van der Waals surface area contributed by atoms with Crippen molar-refractivity contribution in [2.75, 3.05) is 5.32 Å². The third kappa shape index (κ3) is 3.43. The van der Waals surface area contributed by atoms with Crippen molar-refractivity contribution in [1.82, 2.24) is 0 Å². The summed E-state index contributed by atoms with van der Waals surface area (Å²) in [5.41, 5.74) is 7.02. The largest absolute Gasteiger partial charge is 0.462 e. The van der Waals surface area contributed by atoms with Crippen LogP contribution in [0.1, 0.15) is 45.7 Å². The number of furan rings is 1. The van der Waals surface area contributed by atoms with Gasteiger partial charge in [0.15, 0.2) is 0 Å². The van der Waals surface area contributed by atoms with Crippen LogP contribution in [-0.4, -0.2) is 11.8 Å². The molecule has 0 saturated carbocycles. The van der Waals surface area contributed by atoms with E-state index in [-0.39, 0.29) is 5.91 Å². The van der Waals surface area contributed by atoms with E-state index in [0.29, 0.717) is 22.2 Å². The van der Waals surface area contributed by atoms with Gasteiger partial charge in [-0.25, -0.2) is 0 Å². The molecule has 1 atom stereocenters. The summed E-state index contributed by atoms with van der Waals surface area (Å²) in [4.78, 5) is 25.2. The summed E-state index contributed by atoms with van der Waals surface area (Å²) in [5, 5.41) is 3.34. The van der Waals surface area contributed by atoms with Gasteiger partial charge in [0, 0.05) is 11.0 Å². The molecule has 2 heterocycles. The number of carbonyl (C=O) groups excluding carboxylic acids is 2. The van der Waals surface area contributed by atoms with Gasteiger partial charge >= 0.3 is 0 Å². The molecular weight excluding hydrogens is 324 g/mol. The van der Waals surface area contributed by atoms with Crippen molar-refractivity contribution < 1.29 is 14.0 Å². The van der Waals surface area contributed by atoms with E-state index in [4.69, 9.17) is 10.2 Å². The Balaban J connectivity index is 1.80. The number of hydrogen-bond donors (Lipinski definition) is 2. The van der Waals surface area contributed by atoms with E-state index in [1.807, 2.05) is 13.0 Å². The summed E-state index contributed by atoms with van der Waals surface area (Å²) >= 11 is 1.46. The minimum absolute atomic E-state index is 0.307. The van der Waals surface area contributed by atoms with Gasteiger partial charge in [-0.1, -0.05) is 6.92 Å². The van der Waals surface area contributed by atoms with E-state index in [1.54, 1.807) is 12.1 Å². The van der Waals surface area contributed by atoms with Crippen molar-refractivity contribution in [1.29, 1.82) is 0 Å². The molecule has 3 N–H and O–H groups in total. The number of amides is 2. The molecular formula is C18H20N2O3S. The number of primary amides is 1. The summed E-state index contributed by atoms with van der Waals surface area (Å²) in [6.45, 7) is 4.03. The van der Waals surface area contributed by atoms with Crippen molar-refractivity contribution in [3.63, 3.8) is 0 Å². The Morgan fingerprint density at radius 1 is 1.42 bits per heavy atom. The molecule has 2 amide bonds. The first kappa shape index (κ1) is 16.5. The van der Waals surface area contributed by atoms with Crippen LogP contribution in [0.5, 0.6) is 0 Å². The Hall–Kier alpha value is -2.34. The van der Waals surface area contributed by atoms with Gasteiger partial charge < -0.3 is 15.5 Å². The Morgan fingerprint density at radius 2 is 2.21 bits per heavy atom. The molecule has 0 bridgehead atoms. The van der Waals surface area contributed by atoms with Gasteiger partial charge in [-0.05, 0) is 55.9 Å². The predicted molar refractivity (Wildman–Crippen MR) is 95.1 cm³/mol. The molecule has 1 aliphatic carbocycles. The fourth-order valence-corrected chi connectivity index (χ4v) is 4.37. The minimum Gasteiger partial charge on any atom is -0.462 e. The quantitative estimate of drug-likeness (QED) is 0.832. The maximum Gasteiger partial charge on any atom is 0.251 e. The van der Waals surface area contributed by atoms with Crippen LogP contribution in [0.4, 0.5) is 5.00 Å². The molecule has 0 radical (unpaired) electrons. The fourth-order valence-electron chi connectivity index (χ4n) is 2.95. The van der Waals surface area contributed by atoms with Crippen LogP contribution in [-0.2, 0) is 17.6 Å². The molecule has 0 spiro atoms. The summed E-state index contributed by atoms with van der Waals surface area (Å²) in [6, 6.07) is 3.62. The Bertz CT molecular complexity index is 816. The maximum atomic E-state index is 12.2. The molecule has 0 fully saturated rings. The Labute approximate surface area is 144 Å². The zero-order valence-corrected chi connectivity index (χ0v) is 14.5. The normalized spacial score (nSPS) is 17.0. The lowest BCUT2D eigenvalue weighted by Gasteiger charge is -2.18. The number of fused-ring (bicyclic) bond motifs is 1. The standard InChI is InChI=1S/C18H20N2O3S/c1-10-3-7-13-14(9-10)24-18(16(13)17(19)22)20-15(21)8-6-12-5-4-11(2)23-12/h4-6,8,10H,3,7,9H2,1-2H3,(H2,19,22)(H,20,21)/b8-6+. The molecule has 3 rings (SSSR count). The molecule has 24 heavy (non-hydrogen) atoms. The average Bonchev–Trinajstić information content (AvgIpc) is 3.07. The summed E-state index contributed by atoms with van der Waals surface area (Å²) in [7, 11) is 0. The summed E-state index contributed by atoms with van der Waals surface area (Å²) < 4.78 is 5.39. The average molecular weight is 344 g/mol. The topological polar surface area (TPSA) is 85.3 Å². The molecule has 0 aromatic carbocycles. The third-order valence-electron chi connectivity index (χ3n) is 4.15. The van der Waals surface area contributed by atoms with Crippen LogP contribution in [0.3, 0.4) is 0 Å². The van der Waals surface area contributed by atoms with Crippen molar-refractivity contribution in [3.05, 3.63) is 45.7 Å². The van der Waals surface area contributed by atoms with Crippen LogP contribution in [0.2, 0.25) is 0 Å². The maximum absolute atomic E-state index is 12.2. The molecule has 1 aliphatic rings. The fraction of sp³-hybridized carbons (Fsp3) is 0.333.